The Morgan fingerprint density at radius 2 is 1.65 bits per heavy atom. The predicted molar refractivity (Wildman–Crippen MR) is 87.9 cm³/mol. The lowest BCUT2D eigenvalue weighted by molar-refractivity contribution is -0.182. The predicted octanol–water partition coefficient (Wildman–Crippen LogP) is 3.35. The number of hydrogen-bond acceptors (Lipinski definition) is 4. The highest BCUT2D eigenvalue weighted by atomic mass is 16.6. The standard InChI is InChI=1S/C19H22O4/c1-13-9-7-8-12-16(13)14(2)17(19(21)22-3)23-18(20)15-10-5-4-6-11-15/h4-12,14,17-18,20H,1-3H3. The van der Waals surface area contributed by atoms with E-state index in [1.54, 1.807) is 24.3 Å². The van der Waals surface area contributed by atoms with Crippen molar-refractivity contribution in [1.82, 2.24) is 0 Å². The first-order chi connectivity index (χ1) is 11.0. The number of carbonyl (C=O) groups excluding carboxylic acids is 1. The van der Waals surface area contributed by atoms with Crippen molar-refractivity contribution in [3.05, 3.63) is 71.3 Å². The molecule has 0 bridgehead atoms. The summed E-state index contributed by atoms with van der Waals surface area (Å²) in [6, 6.07) is 16.7. The van der Waals surface area contributed by atoms with E-state index in [0.29, 0.717) is 5.56 Å². The van der Waals surface area contributed by atoms with Crippen LogP contribution < -0.4 is 0 Å². The zero-order chi connectivity index (χ0) is 16.8. The molecule has 0 aliphatic heterocycles. The van der Waals surface area contributed by atoms with Crippen molar-refractivity contribution in [3.8, 4) is 0 Å². The van der Waals surface area contributed by atoms with E-state index in [4.69, 9.17) is 9.47 Å². The fraction of sp³-hybridized carbons (Fsp3) is 0.316. The van der Waals surface area contributed by atoms with Crippen LogP contribution in [-0.2, 0) is 14.3 Å². The lowest BCUT2D eigenvalue weighted by atomic mass is 9.91. The topological polar surface area (TPSA) is 55.8 Å². The van der Waals surface area contributed by atoms with E-state index < -0.39 is 18.4 Å². The molecule has 4 nitrogen and oxygen atoms in total. The number of hydrogen-bond donors (Lipinski definition) is 1. The highest BCUT2D eigenvalue weighted by molar-refractivity contribution is 5.76. The molecule has 122 valence electrons. The summed E-state index contributed by atoms with van der Waals surface area (Å²) >= 11 is 0. The van der Waals surface area contributed by atoms with Gasteiger partial charge in [-0.3, -0.25) is 0 Å². The van der Waals surface area contributed by atoms with Crippen LogP contribution in [0, 0.1) is 6.92 Å². The Hall–Kier alpha value is -2.17. The molecule has 2 aromatic carbocycles. The lowest BCUT2D eigenvalue weighted by Crippen LogP contribution is -2.32. The molecular formula is C19H22O4. The minimum Gasteiger partial charge on any atom is -0.467 e. The molecule has 0 saturated heterocycles. The van der Waals surface area contributed by atoms with E-state index in [1.165, 1.54) is 7.11 Å². The number of ether oxygens (including phenoxy) is 2. The number of aryl methyl sites for hydroxylation is 1. The number of rotatable bonds is 6. The van der Waals surface area contributed by atoms with Crippen LogP contribution in [0.2, 0.25) is 0 Å². The Labute approximate surface area is 136 Å². The van der Waals surface area contributed by atoms with Gasteiger partial charge in [0, 0.05) is 11.5 Å². The van der Waals surface area contributed by atoms with Crippen molar-refractivity contribution in [1.29, 1.82) is 0 Å². The number of benzene rings is 2. The van der Waals surface area contributed by atoms with Crippen molar-refractivity contribution in [2.24, 2.45) is 0 Å². The molecular weight excluding hydrogens is 292 g/mol. The molecule has 3 unspecified atom stereocenters. The molecule has 0 aliphatic rings. The van der Waals surface area contributed by atoms with Crippen molar-refractivity contribution >= 4 is 5.97 Å². The van der Waals surface area contributed by atoms with Crippen LogP contribution in [0.1, 0.15) is 35.8 Å². The number of aliphatic hydroxyl groups is 1. The lowest BCUT2D eigenvalue weighted by Gasteiger charge is -2.26. The van der Waals surface area contributed by atoms with Gasteiger partial charge in [-0.1, -0.05) is 61.5 Å². The van der Waals surface area contributed by atoms with E-state index >= 15 is 0 Å². The van der Waals surface area contributed by atoms with Gasteiger partial charge in [0.25, 0.3) is 0 Å². The minimum absolute atomic E-state index is 0.248. The second-order valence-corrected chi connectivity index (χ2v) is 5.49. The quantitative estimate of drug-likeness (QED) is 0.656. The van der Waals surface area contributed by atoms with Crippen molar-refractivity contribution in [2.45, 2.75) is 32.2 Å². The van der Waals surface area contributed by atoms with E-state index in [1.807, 2.05) is 44.2 Å². The van der Waals surface area contributed by atoms with Crippen LogP contribution in [0.15, 0.2) is 54.6 Å². The normalized spacial score (nSPS) is 14.8. The number of carbonyl (C=O) groups is 1. The summed E-state index contributed by atoms with van der Waals surface area (Å²) in [7, 11) is 1.32. The van der Waals surface area contributed by atoms with Gasteiger partial charge in [0.15, 0.2) is 12.4 Å². The second kappa shape index (κ2) is 7.90. The van der Waals surface area contributed by atoms with Gasteiger partial charge < -0.3 is 14.6 Å². The third-order valence-corrected chi connectivity index (χ3v) is 3.93. The van der Waals surface area contributed by atoms with Crippen molar-refractivity contribution in [3.63, 3.8) is 0 Å². The average Bonchev–Trinajstić information content (AvgIpc) is 2.59. The second-order valence-electron chi connectivity index (χ2n) is 5.49. The Morgan fingerprint density at radius 3 is 2.26 bits per heavy atom. The maximum absolute atomic E-state index is 12.1. The zero-order valence-corrected chi connectivity index (χ0v) is 13.6. The monoisotopic (exact) mass is 314 g/mol. The number of methoxy groups -OCH3 is 1. The Morgan fingerprint density at radius 1 is 1.04 bits per heavy atom. The molecule has 0 saturated carbocycles. The van der Waals surface area contributed by atoms with Gasteiger partial charge in [-0.25, -0.2) is 4.79 Å². The van der Waals surface area contributed by atoms with Crippen molar-refractivity contribution < 1.29 is 19.4 Å². The average molecular weight is 314 g/mol. The molecule has 0 amide bonds. The zero-order valence-electron chi connectivity index (χ0n) is 13.6. The van der Waals surface area contributed by atoms with Crippen LogP contribution in [-0.4, -0.2) is 24.3 Å². The molecule has 0 aromatic heterocycles. The van der Waals surface area contributed by atoms with Gasteiger partial charge in [0.05, 0.1) is 7.11 Å². The molecule has 4 heteroatoms. The van der Waals surface area contributed by atoms with Gasteiger partial charge in [0.1, 0.15) is 0 Å². The van der Waals surface area contributed by atoms with Crippen LogP contribution in [0.5, 0.6) is 0 Å². The molecule has 3 atom stereocenters. The van der Waals surface area contributed by atoms with Gasteiger partial charge >= 0.3 is 5.97 Å². The Balaban J connectivity index is 2.24. The first kappa shape index (κ1) is 17.2. The summed E-state index contributed by atoms with van der Waals surface area (Å²) in [5.74, 6) is -0.752. The fourth-order valence-corrected chi connectivity index (χ4v) is 2.59. The summed E-state index contributed by atoms with van der Waals surface area (Å²) in [4.78, 5) is 12.1. The minimum atomic E-state index is -1.19. The molecule has 0 fully saturated rings. The van der Waals surface area contributed by atoms with E-state index in [9.17, 15) is 9.90 Å². The van der Waals surface area contributed by atoms with E-state index in [2.05, 4.69) is 0 Å². The molecule has 2 rings (SSSR count). The van der Waals surface area contributed by atoms with Gasteiger partial charge in [-0.05, 0) is 18.1 Å². The van der Waals surface area contributed by atoms with Crippen molar-refractivity contribution in [2.75, 3.05) is 7.11 Å². The van der Waals surface area contributed by atoms with Gasteiger partial charge in [-0.2, -0.15) is 0 Å². The summed E-state index contributed by atoms with van der Waals surface area (Å²) in [6.07, 6.45) is -2.08. The molecule has 1 N–H and O–H groups in total. The van der Waals surface area contributed by atoms with E-state index in [0.717, 1.165) is 11.1 Å². The molecule has 0 heterocycles. The largest absolute Gasteiger partial charge is 0.467 e. The fourth-order valence-electron chi connectivity index (χ4n) is 2.59. The van der Waals surface area contributed by atoms with Crippen LogP contribution in [0.4, 0.5) is 0 Å². The maximum atomic E-state index is 12.1. The molecule has 23 heavy (non-hydrogen) atoms. The number of esters is 1. The Kier molecular flexibility index (Phi) is 5.90. The molecule has 0 radical (unpaired) electrons. The molecule has 0 aliphatic carbocycles. The van der Waals surface area contributed by atoms with Crippen LogP contribution in [0.3, 0.4) is 0 Å². The molecule has 2 aromatic rings. The summed E-state index contributed by atoms with van der Waals surface area (Å²) in [5.41, 5.74) is 2.65. The van der Waals surface area contributed by atoms with Gasteiger partial charge in [0.2, 0.25) is 0 Å². The third kappa shape index (κ3) is 4.18. The SMILES string of the molecule is COC(=O)C(OC(O)c1ccccc1)C(C)c1ccccc1C. The Bertz CT molecular complexity index is 639. The first-order valence-electron chi connectivity index (χ1n) is 7.56. The number of aliphatic hydroxyl groups excluding tert-OH is 1. The maximum Gasteiger partial charge on any atom is 0.335 e. The summed E-state index contributed by atoms with van der Waals surface area (Å²) in [6.45, 7) is 3.87. The first-order valence-corrected chi connectivity index (χ1v) is 7.56. The van der Waals surface area contributed by atoms with Crippen LogP contribution >= 0.6 is 0 Å². The van der Waals surface area contributed by atoms with Crippen LogP contribution in [0.25, 0.3) is 0 Å². The smallest absolute Gasteiger partial charge is 0.335 e. The highest BCUT2D eigenvalue weighted by Gasteiger charge is 2.31. The van der Waals surface area contributed by atoms with E-state index in [-0.39, 0.29) is 5.92 Å². The molecule has 0 spiro atoms. The highest BCUT2D eigenvalue weighted by Crippen LogP contribution is 2.28. The summed E-state index contributed by atoms with van der Waals surface area (Å²) < 4.78 is 10.5. The summed E-state index contributed by atoms with van der Waals surface area (Å²) in [5, 5.41) is 10.3. The third-order valence-electron chi connectivity index (χ3n) is 3.93. The van der Waals surface area contributed by atoms with Gasteiger partial charge in [-0.15, -0.1) is 0 Å².